The first kappa shape index (κ1) is 10.0. The number of rotatable bonds is 1. The van der Waals surface area contributed by atoms with Crippen LogP contribution in [0.5, 0.6) is 0 Å². The van der Waals surface area contributed by atoms with E-state index in [-0.39, 0.29) is 12.4 Å². The SMILES string of the molecule is C[CH]([Al])c1ccccc1.Cl. The van der Waals surface area contributed by atoms with Crippen LogP contribution in [0.2, 0.25) is 0 Å². The lowest BCUT2D eigenvalue weighted by Gasteiger charge is -2.02. The van der Waals surface area contributed by atoms with E-state index >= 15 is 0 Å². The van der Waals surface area contributed by atoms with E-state index in [0.717, 1.165) is 0 Å². The Morgan fingerprint density at radius 3 is 2.00 bits per heavy atom. The second-order valence-electron chi connectivity index (χ2n) is 2.20. The molecule has 1 unspecified atom stereocenters. The summed E-state index contributed by atoms with van der Waals surface area (Å²) in [6.07, 6.45) is 0. The number of halogens is 1. The maximum absolute atomic E-state index is 2.77. The summed E-state index contributed by atoms with van der Waals surface area (Å²) in [7, 11) is 0. The lowest BCUT2D eigenvalue weighted by atomic mass is 10.2. The van der Waals surface area contributed by atoms with Crippen molar-refractivity contribution < 1.29 is 0 Å². The fraction of sp³-hybridized carbons (Fsp3) is 0.250. The number of hydrogen-bond donors (Lipinski definition) is 0. The van der Waals surface area contributed by atoms with Crippen molar-refractivity contribution in [1.29, 1.82) is 0 Å². The van der Waals surface area contributed by atoms with Crippen molar-refractivity contribution in [3.63, 3.8) is 0 Å². The minimum atomic E-state index is 0. The van der Waals surface area contributed by atoms with Gasteiger partial charge < -0.3 is 0 Å². The van der Waals surface area contributed by atoms with E-state index in [4.69, 9.17) is 0 Å². The highest BCUT2D eigenvalue weighted by Gasteiger charge is 1.92. The summed E-state index contributed by atoms with van der Waals surface area (Å²) in [4.78, 5) is 0. The van der Waals surface area contributed by atoms with Gasteiger partial charge in [0, 0.05) is 0 Å². The fourth-order valence-corrected chi connectivity index (χ4v) is 0.979. The molecule has 1 rings (SSSR count). The van der Waals surface area contributed by atoms with Gasteiger partial charge in [-0.3, -0.25) is 0 Å². The summed E-state index contributed by atoms with van der Waals surface area (Å²) < 4.78 is 0.575. The predicted octanol–water partition coefficient (Wildman–Crippen LogP) is 2.34. The second-order valence-corrected chi connectivity index (χ2v) is 3.20. The highest BCUT2D eigenvalue weighted by Crippen LogP contribution is 2.08. The van der Waals surface area contributed by atoms with Gasteiger partial charge in [0.1, 0.15) is 16.3 Å². The van der Waals surface area contributed by atoms with Gasteiger partial charge in [0.2, 0.25) is 0 Å². The van der Waals surface area contributed by atoms with Crippen LogP contribution in [0.15, 0.2) is 30.3 Å². The molecule has 1 aromatic rings. The molecule has 0 fully saturated rings. The van der Waals surface area contributed by atoms with E-state index in [1.807, 2.05) is 6.07 Å². The molecule has 0 aliphatic heterocycles. The lowest BCUT2D eigenvalue weighted by molar-refractivity contribution is 1.08. The van der Waals surface area contributed by atoms with Crippen molar-refractivity contribution in [2.75, 3.05) is 0 Å². The highest BCUT2D eigenvalue weighted by molar-refractivity contribution is 6.12. The molecular weight excluding hydrogens is 159 g/mol. The highest BCUT2D eigenvalue weighted by atomic mass is 35.5. The lowest BCUT2D eigenvalue weighted by Crippen LogP contribution is -1.89. The van der Waals surface area contributed by atoms with Crippen molar-refractivity contribution >= 4 is 28.7 Å². The molecule has 0 aromatic heterocycles. The van der Waals surface area contributed by atoms with Crippen LogP contribution in [0.4, 0.5) is 0 Å². The predicted molar refractivity (Wildman–Crippen MR) is 47.9 cm³/mol. The van der Waals surface area contributed by atoms with Gasteiger partial charge in [0.05, 0.1) is 0 Å². The van der Waals surface area contributed by atoms with Gasteiger partial charge in [-0.25, -0.2) is 0 Å². The largest absolute Gasteiger partial charge is 0.147 e. The molecule has 0 heterocycles. The van der Waals surface area contributed by atoms with Crippen molar-refractivity contribution in [3.8, 4) is 0 Å². The van der Waals surface area contributed by atoms with Crippen molar-refractivity contribution in [3.05, 3.63) is 35.9 Å². The Morgan fingerprint density at radius 1 is 1.20 bits per heavy atom. The van der Waals surface area contributed by atoms with Crippen LogP contribution in [0.1, 0.15) is 17.3 Å². The smallest absolute Gasteiger partial charge is 0.131 e. The molecule has 0 amide bonds. The first-order chi connectivity index (χ1) is 4.30. The molecule has 0 aliphatic rings. The van der Waals surface area contributed by atoms with Crippen LogP contribution in [0, 0.1) is 0 Å². The van der Waals surface area contributed by atoms with Crippen LogP contribution in [0.25, 0.3) is 0 Å². The second kappa shape index (κ2) is 4.80. The summed E-state index contributed by atoms with van der Waals surface area (Å²) in [5.41, 5.74) is 1.38. The Morgan fingerprint density at radius 2 is 1.70 bits per heavy atom. The average Bonchev–Trinajstić information content (AvgIpc) is 1.90. The number of benzene rings is 1. The average molecular weight is 169 g/mol. The summed E-state index contributed by atoms with van der Waals surface area (Å²) in [6, 6.07) is 10.4. The Kier molecular flexibility index (Phi) is 4.82. The molecule has 0 nitrogen and oxygen atoms in total. The molecule has 2 heteroatoms. The van der Waals surface area contributed by atoms with Crippen LogP contribution in [-0.4, -0.2) is 16.3 Å². The molecule has 0 saturated carbocycles. The van der Waals surface area contributed by atoms with E-state index in [1.54, 1.807) is 0 Å². The molecule has 1 aromatic carbocycles. The van der Waals surface area contributed by atoms with E-state index < -0.39 is 0 Å². The minimum Gasteiger partial charge on any atom is -0.147 e. The fourth-order valence-electron chi connectivity index (χ4n) is 0.757. The van der Waals surface area contributed by atoms with E-state index in [1.165, 1.54) is 5.56 Å². The van der Waals surface area contributed by atoms with Gasteiger partial charge in [-0.2, -0.15) is 0 Å². The molecule has 52 valence electrons. The molecule has 1 atom stereocenters. The minimum absolute atomic E-state index is 0. The summed E-state index contributed by atoms with van der Waals surface area (Å²) in [6.45, 7) is 2.17. The summed E-state index contributed by atoms with van der Waals surface area (Å²) >= 11 is 2.77. The summed E-state index contributed by atoms with van der Waals surface area (Å²) in [5.74, 6) is 0. The summed E-state index contributed by atoms with van der Waals surface area (Å²) in [5, 5.41) is 0. The molecule has 10 heavy (non-hydrogen) atoms. The zero-order valence-corrected chi connectivity index (χ0v) is 7.92. The first-order valence-electron chi connectivity index (χ1n) is 3.11. The molecule has 0 saturated heterocycles. The third kappa shape index (κ3) is 2.75. The normalized spacial score (nSPS) is 11.7. The monoisotopic (exact) mass is 168 g/mol. The van der Waals surface area contributed by atoms with Crippen molar-refractivity contribution in [2.45, 2.75) is 11.7 Å². The van der Waals surface area contributed by atoms with Crippen LogP contribution in [-0.2, 0) is 0 Å². The van der Waals surface area contributed by atoms with Crippen molar-refractivity contribution in [1.82, 2.24) is 0 Å². The molecule has 2 radical (unpaired) electrons. The molecule has 0 aliphatic carbocycles. The molecular formula is C8H10AlCl. The Labute approximate surface area is 76.5 Å². The van der Waals surface area contributed by atoms with Gasteiger partial charge in [0.25, 0.3) is 0 Å². The maximum atomic E-state index is 2.77. The third-order valence-corrected chi connectivity index (χ3v) is 1.71. The molecule has 0 spiro atoms. The van der Waals surface area contributed by atoms with Gasteiger partial charge >= 0.3 is 0 Å². The van der Waals surface area contributed by atoms with Crippen LogP contribution < -0.4 is 0 Å². The van der Waals surface area contributed by atoms with Crippen LogP contribution >= 0.6 is 12.4 Å². The Bertz CT molecular complexity index is 172. The molecule has 0 N–H and O–H groups in total. The van der Waals surface area contributed by atoms with Gasteiger partial charge in [0.15, 0.2) is 0 Å². The first-order valence-corrected chi connectivity index (χ1v) is 3.78. The van der Waals surface area contributed by atoms with Crippen molar-refractivity contribution in [2.24, 2.45) is 0 Å². The number of hydrogen-bond acceptors (Lipinski definition) is 0. The Hall–Kier alpha value is 0.0425. The maximum Gasteiger partial charge on any atom is 0.131 e. The Balaban J connectivity index is 0.000000810. The van der Waals surface area contributed by atoms with Gasteiger partial charge in [-0.05, 0) is 0 Å². The quantitative estimate of drug-likeness (QED) is 0.565. The zero-order chi connectivity index (χ0) is 6.69. The topological polar surface area (TPSA) is 0 Å². The standard InChI is InChI=1S/C8H9.Al.ClH/c1-2-8-6-4-3-5-7-8;;/h2-7H,1H3;;1H. The van der Waals surface area contributed by atoms with Gasteiger partial charge in [-0.1, -0.05) is 47.6 Å². The van der Waals surface area contributed by atoms with E-state index in [0.29, 0.717) is 4.78 Å². The third-order valence-electron chi connectivity index (χ3n) is 1.33. The van der Waals surface area contributed by atoms with Crippen LogP contribution in [0.3, 0.4) is 0 Å². The zero-order valence-electron chi connectivity index (χ0n) is 5.95. The van der Waals surface area contributed by atoms with E-state index in [2.05, 4.69) is 47.5 Å². The van der Waals surface area contributed by atoms with Gasteiger partial charge in [-0.15, -0.1) is 12.4 Å². The molecule has 0 bridgehead atoms. The van der Waals surface area contributed by atoms with E-state index in [9.17, 15) is 0 Å².